The highest BCUT2D eigenvalue weighted by Gasteiger charge is 2.33. The van der Waals surface area contributed by atoms with Crippen molar-refractivity contribution < 1.29 is 17.9 Å². The molecule has 1 aromatic heterocycles. The van der Waals surface area contributed by atoms with E-state index in [1.54, 1.807) is 7.05 Å². The van der Waals surface area contributed by atoms with Crippen LogP contribution >= 0.6 is 35.3 Å². The Bertz CT molecular complexity index is 979. The molecule has 2 N–H and O–H groups in total. The van der Waals surface area contributed by atoms with E-state index in [-0.39, 0.29) is 30.5 Å². The molecule has 0 unspecified atom stereocenters. The fourth-order valence-electron chi connectivity index (χ4n) is 2.70. The maximum Gasteiger partial charge on any atom is 0.434 e. The number of nitrogens with zero attached hydrogens (tertiary/aromatic N) is 2. The number of ether oxygens (including phenoxy) is 1. The number of hydrogen-bond acceptors (Lipinski definition) is 4. The van der Waals surface area contributed by atoms with Gasteiger partial charge in [-0.15, -0.1) is 35.3 Å². The van der Waals surface area contributed by atoms with Crippen LogP contribution in [0, 0.1) is 0 Å². The van der Waals surface area contributed by atoms with Crippen molar-refractivity contribution in [2.24, 2.45) is 4.99 Å². The van der Waals surface area contributed by atoms with Crippen LogP contribution in [0.5, 0.6) is 0 Å². The Morgan fingerprint density at radius 3 is 2.12 bits per heavy atom. The third-order valence-corrected chi connectivity index (χ3v) is 5.18. The number of rotatable bonds is 8. The van der Waals surface area contributed by atoms with Crippen LogP contribution in [-0.2, 0) is 37.2 Å². The zero-order chi connectivity index (χ0) is 22.1. The van der Waals surface area contributed by atoms with Crippen LogP contribution < -0.4 is 10.6 Å². The number of nitrogens with one attached hydrogen (secondary N) is 2. The van der Waals surface area contributed by atoms with Crippen molar-refractivity contribution in [2.45, 2.75) is 32.5 Å². The second-order valence-corrected chi connectivity index (χ2v) is 7.64. The van der Waals surface area contributed by atoms with Gasteiger partial charge >= 0.3 is 6.18 Å². The number of aromatic nitrogens is 1. The number of alkyl halides is 3. The van der Waals surface area contributed by atoms with E-state index in [9.17, 15) is 13.2 Å². The first-order valence-electron chi connectivity index (χ1n) is 9.59. The van der Waals surface area contributed by atoms with Gasteiger partial charge in [-0.2, -0.15) is 13.2 Å². The van der Waals surface area contributed by atoms with E-state index < -0.39 is 11.9 Å². The molecule has 0 amide bonds. The van der Waals surface area contributed by atoms with Gasteiger partial charge < -0.3 is 15.4 Å². The Kier molecular flexibility index (Phi) is 10.4. The van der Waals surface area contributed by atoms with Crippen LogP contribution in [0.25, 0.3) is 0 Å². The fourth-order valence-corrected chi connectivity index (χ4v) is 3.44. The fraction of sp³-hybridized carbons (Fsp3) is 0.273. The molecule has 3 rings (SSSR count). The Labute approximate surface area is 206 Å². The normalized spacial score (nSPS) is 11.7. The Balaban J connectivity index is 0.00000363. The van der Waals surface area contributed by atoms with E-state index in [0.717, 1.165) is 33.4 Å². The number of halogens is 4. The Hall–Kier alpha value is -2.18. The molecule has 172 valence electrons. The lowest BCUT2D eigenvalue weighted by atomic mass is 10.1. The van der Waals surface area contributed by atoms with Gasteiger partial charge in [-0.05, 0) is 16.7 Å². The minimum absolute atomic E-state index is 0. The largest absolute Gasteiger partial charge is 0.434 e. The van der Waals surface area contributed by atoms with Gasteiger partial charge in [0.15, 0.2) is 11.7 Å². The predicted octanol–water partition coefficient (Wildman–Crippen LogP) is 5.36. The SMILES string of the molecule is CN=C(NCc1ccc(COCc2ccccc2)cc1)NCc1nc(C(F)(F)F)cs1.I. The van der Waals surface area contributed by atoms with Crippen molar-refractivity contribution >= 4 is 41.3 Å². The summed E-state index contributed by atoms with van der Waals surface area (Å²) in [6, 6.07) is 18.0. The first-order chi connectivity index (χ1) is 14.9. The first-order valence-corrected chi connectivity index (χ1v) is 10.5. The first kappa shape index (κ1) is 26.1. The van der Waals surface area contributed by atoms with Gasteiger partial charge in [-0.3, -0.25) is 4.99 Å². The molecule has 0 aliphatic carbocycles. The molecule has 0 aliphatic rings. The molecule has 2 aromatic carbocycles. The maximum absolute atomic E-state index is 12.6. The molecule has 0 radical (unpaired) electrons. The highest BCUT2D eigenvalue weighted by molar-refractivity contribution is 14.0. The van der Waals surface area contributed by atoms with Gasteiger partial charge in [0, 0.05) is 19.0 Å². The lowest BCUT2D eigenvalue weighted by molar-refractivity contribution is -0.140. The maximum atomic E-state index is 12.6. The third-order valence-electron chi connectivity index (χ3n) is 4.34. The zero-order valence-corrected chi connectivity index (χ0v) is 20.5. The number of guanidine groups is 1. The molecule has 32 heavy (non-hydrogen) atoms. The van der Waals surface area contributed by atoms with Crippen molar-refractivity contribution in [3.05, 3.63) is 87.4 Å². The van der Waals surface area contributed by atoms with Crippen LogP contribution in [0.1, 0.15) is 27.4 Å². The summed E-state index contributed by atoms with van der Waals surface area (Å²) < 4.78 is 43.6. The van der Waals surface area contributed by atoms with Crippen LogP contribution in [0.2, 0.25) is 0 Å². The van der Waals surface area contributed by atoms with E-state index >= 15 is 0 Å². The smallest absolute Gasteiger partial charge is 0.372 e. The second-order valence-electron chi connectivity index (χ2n) is 6.70. The van der Waals surface area contributed by atoms with Gasteiger partial charge in [0.05, 0.1) is 19.8 Å². The predicted molar refractivity (Wildman–Crippen MR) is 131 cm³/mol. The van der Waals surface area contributed by atoms with E-state index in [1.807, 2.05) is 54.6 Å². The summed E-state index contributed by atoms with van der Waals surface area (Å²) in [6.07, 6.45) is -4.42. The average molecular weight is 576 g/mol. The van der Waals surface area contributed by atoms with Gasteiger partial charge in [0.25, 0.3) is 0 Å². The number of thiazole rings is 1. The summed E-state index contributed by atoms with van der Waals surface area (Å²) >= 11 is 0.962. The molecular weight excluding hydrogens is 552 g/mol. The van der Waals surface area contributed by atoms with Crippen LogP contribution in [0.4, 0.5) is 13.2 Å². The lowest BCUT2D eigenvalue weighted by Crippen LogP contribution is -2.36. The van der Waals surface area contributed by atoms with Crippen molar-refractivity contribution in [3.8, 4) is 0 Å². The van der Waals surface area contributed by atoms with Gasteiger partial charge in [0.1, 0.15) is 5.01 Å². The average Bonchev–Trinajstić information content (AvgIpc) is 3.25. The quantitative estimate of drug-likeness (QED) is 0.216. The van der Waals surface area contributed by atoms with E-state index in [4.69, 9.17) is 4.74 Å². The summed E-state index contributed by atoms with van der Waals surface area (Å²) in [5.74, 6) is 0.485. The van der Waals surface area contributed by atoms with Crippen molar-refractivity contribution in [2.75, 3.05) is 7.05 Å². The monoisotopic (exact) mass is 576 g/mol. The molecule has 0 aliphatic heterocycles. The summed E-state index contributed by atoms with van der Waals surface area (Å²) in [4.78, 5) is 7.69. The highest BCUT2D eigenvalue weighted by atomic mass is 127. The molecule has 0 bridgehead atoms. The molecule has 0 saturated carbocycles. The van der Waals surface area contributed by atoms with Crippen molar-refractivity contribution in [1.82, 2.24) is 15.6 Å². The summed E-state index contributed by atoms with van der Waals surface area (Å²) in [5.41, 5.74) is 2.38. The van der Waals surface area contributed by atoms with Crippen LogP contribution in [0.3, 0.4) is 0 Å². The Morgan fingerprint density at radius 1 is 0.938 bits per heavy atom. The highest BCUT2D eigenvalue weighted by Crippen LogP contribution is 2.29. The summed E-state index contributed by atoms with van der Waals surface area (Å²) in [5, 5.41) is 7.47. The van der Waals surface area contributed by atoms with Gasteiger partial charge in [0.2, 0.25) is 0 Å². The molecule has 0 saturated heterocycles. The molecular formula is C22H24F3IN4OS. The van der Waals surface area contributed by atoms with Crippen molar-refractivity contribution in [3.63, 3.8) is 0 Å². The van der Waals surface area contributed by atoms with Crippen LogP contribution in [0.15, 0.2) is 65.0 Å². The second kappa shape index (κ2) is 12.8. The van der Waals surface area contributed by atoms with E-state index in [1.165, 1.54) is 0 Å². The minimum Gasteiger partial charge on any atom is -0.372 e. The summed E-state index contributed by atoms with van der Waals surface area (Å²) in [6.45, 7) is 1.78. The molecule has 1 heterocycles. The molecule has 10 heteroatoms. The zero-order valence-electron chi connectivity index (χ0n) is 17.4. The molecule has 0 fully saturated rings. The number of aliphatic imine (C=N–C) groups is 1. The minimum atomic E-state index is -4.42. The van der Waals surface area contributed by atoms with Gasteiger partial charge in [-0.1, -0.05) is 54.6 Å². The van der Waals surface area contributed by atoms with Gasteiger partial charge in [-0.25, -0.2) is 4.98 Å². The third kappa shape index (κ3) is 8.40. The molecule has 3 aromatic rings. The van der Waals surface area contributed by atoms with Crippen LogP contribution in [-0.4, -0.2) is 18.0 Å². The molecule has 5 nitrogen and oxygen atoms in total. The lowest BCUT2D eigenvalue weighted by Gasteiger charge is -2.11. The molecule has 0 atom stereocenters. The standard InChI is InChI=1S/C22H23F3N4OS.HI/c1-26-21(28-12-20-29-19(15-31-20)22(23,24)25)27-11-16-7-9-18(10-8-16)14-30-13-17-5-3-2-4-6-17;/h2-10,15H,11-14H2,1H3,(H2,26,27,28);1H. The van der Waals surface area contributed by atoms with E-state index in [0.29, 0.717) is 30.7 Å². The Morgan fingerprint density at radius 2 is 1.53 bits per heavy atom. The topological polar surface area (TPSA) is 58.5 Å². The molecule has 0 spiro atoms. The number of hydrogen-bond donors (Lipinski definition) is 2. The summed E-state index contributed by atoms with van der Waals surface area (Å²) in [7, 11) is 1.60. The van der Waals surface area contributed by atoms with E-state index in [2.05, 4.69) is 20.6 Å². The van der Waals surface area contributed by atoms with Crippen molar-refractivity contribution in [1.29, 1.82) is 0 Å². The number of benzene rings is 2.